The lowest BCUT2D eigenvalue weighted by atomic mass is 10.1. The number of methoxy groups -OCH3 is 1. The number of rotatable bonds is 3. The average Bonchev–Trinajstić information content (AvgIpc) is 2.91. The lowest BCUT2D eigenvalue weighted by Crippen LogP contribution is -2.02. The number of benzene rings is 1. The van der Waals surface area contributed by atoms with Gasteiger partial charge in [0.05, 0.1) is 18.9 Å². The van der Waals surface area contributed by atoms with Crippen molar-refractivity contribution in [2.24, 2.45) is 0 Å². The highest BCUT2D eigenvalue weighted by atomic mass is 16.5. The van der Waals surface area contributed by atoms with Gasteiger partial charge in [-0.15, -0.1) is 0 Å². The number of carbonyl (C=O) groups excluding carboxylic acids is 2. The molecule has 0 radical (unpaired) electrons. The van der Waals surface area contributed by atoms with Crippen LogP contribution in [0.3, 0.4) is 0 Å². The quantitative estimate of drug-likeness (QED) is 0.596. The molecule has 0 aliphatic rings. The molecule has 1 aromatic carbocycles. The fourth-order valence-corrected chi connectivity index (χ4v) is 1.44. The van der Waals surface area contributed by atoms with Crippen molar-refractivity contribution in [1.29, 1.82) is 0 Å². The number of hydrogen-bond acceptors (Lipinski definition) is 5. The van der Waals surface area contributed by atoms with Crippen molar-refractivity contribution in [3.05, 3.63) is 41.8 Å². The van der Waals surface area contributed by atoms with Crippen molar-refractivity contribution in [1.82, 2.24) is 4.98 Å². The molecule has 86 valence electrons. The van der Waals surface area contributed by atoms with Crippen LogP contribution in [0.25, 0.3) is 11.5 Å². The molecule has 17 heavy (non-hydrogen) atoms. The molecule has 5 heteroatoms. The van der Waals surface area contributed by atoms with E-state index in [1.807, 2.05) is 0 Å². The Morgan fingerprint density at radius 3 is 2.82 bits per heavy atom. The molecule has 0 fully saturated rings. The first-order valence-electron chi connectivity index (χ1n) is 4.83. The number of aromatic nitrogens is 1. The summed E-state index contributed by atoms with van der Waals surface area (Å²) in [5, 5.41) is 0. The first-order chi connectivity index (χ1) is 8.24. The topological polar surface area (TPSA) is 69.4 Å². The van der Waals surface area contributed by atoms with Gasteiger partial charge in [-0.2, -0.15) is 0 Å². The van der Waals surface area contributed by atoms with E-state index >= 15 is 0 Å². The van der Waals surface area contributed by atoms with E-state index in [1.54, 1.807) is 12.1 Å². The summed E-state index contributed by atoms with van der Waals surface area (Å²) in [6, 6.07) is 4.60. The van der Waals surface area contributed by atoms with Gasteiger partial charge >= 0.3 is 5.97 Å². The fraction of sp³-hybridized carbons (Fsp3) is 0.0833. The first kappa shape index (κ1) is 11.1. The summed E-state index contributed by atoms with van der Waals surface area (Å²) in [6.07, 6.45) is 3.56. The number of carbonyl (C=O) groups is 2. The summed E-state index contributed by atoms with van der Waals surface area (Å²) < 4.78 is 9.71. The minimum Gasteiger partial charge on any atom is -0.465 e. The number of aldehydes is 1. The van der Waals surface area contributed by atoms with Crippen LogP contribution in [0.15, 0.2) is 35.1 Å². The number of hydrogen-bond donors (Lipinski definition) is 0. The van der Waals surface area contributed by atoms with E-state index in [0.717, 1.165) is 0 Å². The van der Waals surface area contributed by atoms with Gasteiger partial charge in [0.25, 0.3) is 0 Å². The van der Waals surface area contributed by atoms with E-state index in [4.69, 9.17) is 4.42 Å². The maximum absolute atomic E-state index is 11.4. The summed E-state index contributed by atoms with van der Waals surface area (Å²) in [6.45, 7) is 0. The van der Waals surface area contributed by atoms with Crippen molar-refractivity contribution in [3.8, 4) is 11.5 Å². The van der Waals surface area contributed by atoms with Gasteiger partial charge in [0.2, 0.25) is 5.89 Å². The second kappa shape index (κ2) is 4.61. The molecule has 2 rings (SSSR count). The van der Waals surface area contributed by atoms with Crippen LogP contribution in [0.5, 0.6) is 0 Å². The van der Waals surface area contributed by atoms with Crippen molar-refractivity contribution < 1.29 is 18.7 Å². The average molecular weight is 231 g/mol. The summed E-state index contributed by atoms with van der Waals surface area (Å²) in [4.78, 5) is 26.2. The molecular formula is C12H9NO4. The molecule has 0 aliphatic carbocycles. The molecule has 0 spiro atoms. The molecule has 0 bridgehead atoms. The third-order valence-corrected chi connectivity index (χ3v) is 2.19. The monoisotopic (exact) mass is 231 g/mol. The molecule has 0 saturated carbocycles. The first-order valence-corrected chi connectivity index (χ1v) is 4.83. The minimum absolute atomic E-state index is 0.283. The van der Waals surface area contributed by atoms with E-state index in [1.165, 1.54) is 25.6 Å². The molecule has 0 saturated heterocycles. The van der Waals surface area contributed by atoms with Gasteiger partial charge in [0.1, 0.15) is 12.5 Å². The van der Waals surface area contributed by atoms with Gasteiger partial charge in [0.15, 0.2) is 0 Å². The van der Waals surface area contributed by atoms with E-state index in [9.17, 15) is 9.59 Å². The highest BCUT2D eigenvalue weighted by Gasteiger charge is 2.11. The maximum Gasteiger partial charge on any atom is 0.337 e. The Balaban J connectivity index is 2.53. The molecular weight excluding hydrogens is 222 g/mol. The zero-order valence-corrected chi connectivity index (χ0v) is 9.04. The molecule has 5 nitrogen and oxygen atoms in total. The lowest BCUT2D eigenvalue weighted by molar-refractivity contribution is 0.0601. The highest BCUT2D eigenvalue weighted by Crippen LogP contribution is 2.20. The van der Waals surface area contributed by atoms with E-state index in [0.29, 0.717) is 23.3 Å². The molecule has 2 aromatic rings. The molecule has 1 aromatic heterocycles. The van der Waals surface area contributed by atoms with Gasteiger partial charge in [-0.3, -0.25) is 4.79 Å². The Bertz CT molecular complexity index is 546. The summed E-state index contributed by atoms with van der Waals surface area (Å²) >= 11 is 0. The Kier molecular flexibility index (Phi) is 3.00. The zero-order valence-electron chi connectivity index (χ0n) is 9.04. The second-order valence-corrected chi connectivity index (χ2v) is 3.29. The Hall–Kier alpha value is -2.43. The summed E-state index contributed by atoms with van der Waals surface area (Å²) in [5.74, 6) is -0.166. The summed E-state index contributed by atoms with van der Waals surface area (Å²) in [7, 11) is 1.28. The van der Waals surface area contributed by atoms with Crippen LogP contribution in [0.2, 0.25) is 0 Å². The highest BCUT2D eigenvalue weighted by molar-refractivity contribution is 5.93. The SMILES string of the molecule is COC(=O)c1cc(C=O)cc(-c2ncco2)c1. The van der Waals surface area contributed by atoms with Crippen molar-refractivity contribution in [3.63, 3.8) is 0 Å². The normalized spacial score (nSPS) is 9.94. The fourth-order valence-electron chi connectivity index (χ4n) is 1.44. The molecule has 1 heterocycles. The third-order valence-electron chi connectivity index (χ3n) is 2.19. The van der Waals surface area contributed by atoms with Crippen molar-refractivity contribution in [2.45, 2.75) is 0 Å². The van der Waals surface area contributed by atoms with Crippen LogP contribution in [0.1, 0.15) is 20.7 Å². The number of esters is 1. The molecule has 0 N–H and O–H groups in total. The third kappa shape index (κ3) is 2.23. The Labute approximate surface area is 97.0 Å². The molecule has 0 amide bonds. The van der Waals surface area contributed by atoms with Gasteiger partial charge in [-0.05, 0) is 18.2 Å². The molecule has 0 unspecified atom stereocenters. The second-order valence-electron chi connectivity index (χ2n) is 3.29. The van der Waals surface area contributed by atoms with Crippen LogP contribution in [0, 0.1) is 0 Å². The smallest absolute Gasteiger partial charge is 0.337 e. The van der Waals surface area contributed by atoms with Crippen LogP contribution >= 0.6 is 0 Å². The van der Waals surface area contributed by atoms with Crippen LogP contribution in [-0.2, 0) is 4.74 Å². The largest absolute Gasteiger partial charge is 0.465 e. The Morgan fingerprint density at radius 1 is 1.41 bits per heavy atom. The molecule has 0 aliphatic heterocycles. The standard InChI is InChI=1S/C12H9NO4/c1-16-12(15)10-5-8(7-14)4-9(6-10)11-13-2-3-17-11/h2-7H,1H3. The van der Waals surface area contributed by atoms with E-state index in [2.05, 4.69) is 9.72 Å². The van der Waals surface area contributed by atoms with E-state index < -0.39 is 5.97 Å². The zero-order chi connectivity index (χ0) is 12.3. The lowest BCUT2D eigenvalue weighted by Gasteiger charge is -2.03. The van der Waals surface area contributed by atoms with Crippen LogP contribution in [0.4, 0.5) is 0 Å². The van der Waals surface area contributed by atoms with Gasteiger partial charge in [-0.1, -0.05) is 0 Å². The number of oxazole rings is 1. The van der Waals surface area contributed by atoms with E-state index in [-0.39, 0.29) is 5.56 Å². The van der Waals surface area contributed by atoms with Crippen molar-refractivity contribution in [2.75, 3.05) is 7.11 Å². The van der Waals surface area contributed by atoms with Crippen LogP contribution in [-0.4, -0.2) is 24.3 Å². The Morgan fingerprint density at radius 2 is 2.24 bits per heavy atom. The number of nitrogens with zero attached hydrogens (tertiary/aromatic N) is 1. The van der Waals surface area contributed by atoms with Gasteiger partial charge in [0, 0.05) is 11.1 Å². The van der Waals surface area contributed by atoms with Crippen LogP contribution < -0.4 is 0 Å². The number of ether oxygens (including phenoxy) is 1. The summed E-state index contributed by atoms with van der Waals surface area (Å²) in [5.41, 5.74) is 1.20. The predicted octanol–water partition coefficient (Wildman–Crippen LogP) is 1.94. The predicted molar refractivity (Wildman–Crippen MR) is 58.7 cm³/mol. The van der Waals surface area contributed by atoms with Crippen molar-refractivity contribution >= 4 is 12.3 Å². The maximum atomic E-state index is 11.4. The van der Waals surface area contributed by atoms with Gasteiger partial charge < -0.3 is 9.15 Å². The molecule has 0 atom stereocenters. The minimum atomic E-state index is -0.512. The van der Waals surface area contributed by atoms with Gasteiger partial charge in [-0.25, -0.2) is 9.78 Å².